The zero-order valence-electron chi connectivity index (χ0n) is 17.1. The quantitative estimate of drug-likeness (QED) is 0.649. The Morgan fingerprint density at radius 2 is 1.83 bits per heavy atom. The van der Waals surface area contributed by atoms with Crippen LogP contribution in [0.25, 0.3) is 5.82 Å². The van der Waals surface area contributed by atoms with Crippen LogP contribution in [0.1, 0.15) is 42.3 Å². The van der Waals surface area contributed by atoms with E-state index in [1.54, 1.807) is 68.3 Å². The Kier molecular flexibility index (Phi) is 6.41. The Morgan fingerprint density at radius 3 is 2.50 bits per heavy atom. The van der Waals surface area contributed by atoms with E-state index in [4.69, 9.17) is 4.74 Å². The van der Waals surface area contributed by atoms with Gasteiger partial charge in [0.1, 0.15) is 18.3 Å². The highest BCUT2D eigenvalue weighted by Gasteiger charge is 2.16. The summed E-state index contributed by atoms with van der Waals surface area (Å²) in [4.78, 5) is 32.5. The van der Waals surface area contributed by atoms with E-state index in [1.807, 2.05) is 6.07 Å². The number of hydrogen-bond acceptors (Lipinski definition) is 6. The maximum atomic E-state index is 12.5. The van der Waals surface area contributed by atoms with Gasteiger partial charge in [0.25, 0.3) is 5.91 Å². The number of pyridine rings is 1. The second-order valence-electron chi connectivity index (χ2n) is 7.56. The van der Waals surface area contributed by atoms with Gasteiger partial charge in [0, 0.05) is 30.4 Å². The van der Waals surface area contributed by atoms with E-state index in [2.05, 4.69) is 25.7 Å². The predicted molar refractivity (Wildman–Crippen MR) is 110 cm³/mol. The lowest BCUT2D eigenvalue weighted by Gasteiger charge is -2.19. The summed E-state index contributed by atoms with van der Waals surface area (Å²) in [5, 5.41) is 9.65. The fourth-order valence-corrected chi connectivity index (χ4v) is 2.63. The van der Waals surface area contributed by atoms with Crippen molar-refractivity contribution in [2.45, 2.75) is 39.5 Å². The number of benzene rings is 1. The van der Waals surface area contributed by atoms with Crippen LogP contribution in [0.3, 0.4) is 0 Å². The Hall–Kier alpha value is -3.75. The van der Waals surface area contributed by atoms with Crippen LogP contribution in [0.2, 0.25) is 0 Å². The molecule has 0 aliphatic rings. The molecule has 0 bridgehead atoms. The van der Waals surface area contributed by atoms with Crippen molar-refractivity contribution in [3.63, 3.8) is 0 Å². The molecule has 0 radical (unpaired) electrons. The molecule has 0 unspecified atom stereocenters. The maximum Gasteiger partial charge on any atom is 0.407 e. The summed E-state index contributed by atoms with van der Waals surface area (Å²) >= 11 is 0. The van der Waals surface area contributed by atoms with Crippen molar-refractivity contribution in [1.82, 2.24) is 30.4 Å². The number of amides is 2. The Morgan fingerprint density at radius 1 is 1.07 bits per heavy atom. The second-order valence-corrected chi connectivity index (χ2v) is 7.56. The first-order valence-electron chi connectivity index (χ1n) is 9.45. The number of hydrogen-bond donors (Lipinski definition) is 2. The molecule has 9 heteroatoms. The number of nitrogens with zero attached hydrogens (tertiary/aromatic N) is 4. The first kappa shape index (κ1) is 21.0. The van der Waals surface area contributed by atoms with E-state index >= 15 is 0 Å². The van der Waals surface area contributed by atoms with Gasteiger partial charge in [-0.1, -0.05) is 18.2 Å². The maximum absolute atomic E-state index is 12.5. The highest BCUT2D eigenvalue weighted by atomic mass is 16.6. The summed E-state index contributed by atoms with van der Waals surface area (Å²) in [5.41, 5.74) is 1.64. The van der Waals surface area contributed by atoms with Gasteiger partial charge in [-0.25, -0.2) is 19.4 Å². The fraction of sp³-hybridized carbons (Fsp3) is 0.286. The van der Waals surface area contributed by atoms with Crippen LogP contribution in [0.4, 0.5) is 4.79 Å². The van der Waals surface area contributed by atoms with Crippen LogP contribution in [0.15, 0.2) is 55.2 Å². The number of alkyl carbamates (subject to hydrolysis) is 1. The summed E-state index contributed by atoms with van der Waals surface area (Å²) in [6.45, 7) is 6.03. The molecule has 0 spiro atoms. The van der Waals surface area contributed by atoms with Gasteiger partial charge in [0.15, 0.2) is 5.82 Å². The number of nitrogens with one attached hydrogen (secondary N) is 2. The monoisotopic (exact) mass is 408 g/mol. The summed E-state index contributed by atoms with van der Waals surface area (Å²) in [6.07, 6.45) is 4.16. The Bertz CT molecular complexity index is 994. The van der Waals surface area contributed by atoms with Crippen molar-refractivity contribution in [3.05, 3.63) is 71.9 Å². The lowest BCUT2D eigenvalue weighted by atomic mass is 10.1. The number of carbonyl (C=O) groups excluding carboxylic acids is 2. The third-order valence-corrected chi connectivity index (χ3v) is 3.99. The van der Waals surface area contributed by atoms with Crippen LogP contribution in [0.5, 0.6) is 0 Å². The number of aromatic nitrogens is 4. The van der Waals surface area contributed by atoms with E-state index in [-0.39, 0.29) is 5.91 Å². The van der Waals surface area contributed by atoms with Gasteiger partial charge >= 0.3 is 6.09 Å². The largest absolute Gasteiger partial charge is 0.444 e. The molecule has 2 N–H and O–H groups in total. The second kappa shape index (κ2) is 9.17. The lowest BCUT2D eigenvalue weighted by molar-refractivity contribution is 0.0523. The summed E-state index contributed by atoms with van der Waals surface area (Å²) in [6, 6.07) is 10.7. The molecule has 30 heavy (non-hydrogen) atoms. The molecule has 1 aromatic carbocycles. The highest BCUT2D eigenvalue weighted by Crippen LogP contribution is 2.11. The average Bonchev–Trinajstić information content (AvgIpc) is 3.24. The van der Waals surface area contributed by atoms with Crippen LogP contribution in [-0.4, -0.2) is 37.3 Å². The zero-order chi connectivity index (χ0) is 21.6. The van der Waals surface area contributed by atoms with Gasteiger partial charge in [-0.05, 0) is 44.5 Å². The summed E-state index contributed by atoms with van der Waals surface area (Å²) < 4.78 is 6.75. The standard InChI is InChI=1S/C21H24N6O3/c1-21(2,3)30-20(29)25-11-15-6-8-16(9-7-15)19(28)24-12-17-5-4-10-23-18(17)27-14-22-13-26-27/h4-10,13-14H,11-12H2,1-3H3,(H,24,28)(H,25,29). The van der Waals surface area contributed by atoms with Crippen LogP contribution in [0, 0.1) is 0 Å². The molecule has 0 saturated carbocycles. The third-order valence-electron chi connectivity index (χ3n) is 3.99. The Balaban J connectivity index is 1.55. The molecule has 2 aromatic heterocycles. The van der Waals surface area contributed by atoms with Gasteiger partial charge in [0.05, 0.1) is 0 Å². The van der Waals surface area contributed by atoms with Gasteiger partial charge in [-0.2, -0.15) is 5.10 Å². The Labute approximate surface area is 174 Å². The summed E-state index contributed by atoms with van der Waals surface area (Å²) in [5.74, 6) is 0.397. The first-order chi connectivity index (χ1) is 14.3. The topological polar surface area (TPSA) is 111 Å². The van der Waals surface area contributed by atoms with Gasteiger partial charge in [0.2, 0.25) is 0 Å². The minimum Gasteiger partial charge on any atom is -0.444 e. The van der Waals surface area contributed by atoms with E-state index in [0.29, 0.717) is 24.5 Å². The van der Waals surface area contributed by atoms with Crippen molar-refractivity contribution >= 4 is 12.0 Å². The van der Waals surface area contributed by atoms with Gasteiger partial charge in [-0.3, -0.25) is 4.79 Å². The minimum absolute atomic E-state index is 0.213. The fourth-order valence-electron chi connectivity index (χ4n) is 2.63. The van der Waals surface area contributed by atoms with Crippen LogP contribution >= 0.6 is 0 Å². The van der Waals surface area contributed by atoms with Crippen molar-refractivity contribution in [3.8, 4) is 5.82 Å². The third kappa shape index (κ3) is 5.87. The predicted octanol–water partition coefficient (Wildman–Crippen LogP) is 2.62. The number of rotatable bonds is 6. The zero-order valence-corrected chi connectivity index (χ0v) is 17.1. The molecule has 0 fully saturated rings. The number of ether oxygens (including phenoxy) is 1. The molecular formula is C21H24N6O3. The molecule has 0 aliphatic carbocycles. The molecular weight excluding hydrogens is 384 g/mol. The molecule has 0 saturated heterocycles. The smallest absolute Gasteiger partial charge is 0.407 e. The first-order valence-corrected chi connectivity index (χ1v) is 9.45. The van der Waals surface area contributed by atoms with E-state index in [1.165, 1.54) is 6.33 Å². The minimum atomic E-state index is -0.548. The molecule has 0 aliphatic heterocycles. The highest BCUT2D eigenvalue weighted by molar-refractivity contribution is 5.94. The van der Waals surface area contributed by atoms with Crippen molar-refractivity contribution in [1.29, 1.82) is 0 Å². The van der Waals surface area contributed by atoms with E-state index in [0.717, 1.165) is 11.1 Å². The van der Waals surface area contributed by atoms with E-state index in [9.17, 15) is 9.59 Å². The van der Waals surface area contributed by atoms with Crippen LogP contribution in [-0.2, 0) is 17.8 Å². The molecule has 3 rings (SSSR count). The molecule has 0 atom stereocenters. The average molecular weight is 408 g/mol. The van der Waals surface area contributed by atoms with E-state index < -0.39 is 11.7 Å². The van der Waals surface area contributed by atoms with Crippen LogP contribution < -0.4 is 10.6 Å². The summed E-state index contributed by atoms with van der Waals surface area (Å²) in [7, 11) is 0. The normalized spacial score (nSPS) is 11.0. The molecule has 2 heterocycles. The van der Waals surface area contributed by atoms with Gasteiger partial charge < -0.3 is 15.4 Å². The van der Waals surface area contributed by atoms with Crippen molar-refractivity contribution < 1.29 is 14.3 Å². The van der Waals surface area contributed by atoms with Crippen molar-refractivity contribution in [2.24, 2.45) is 0 Å². The van der Waals surface area contributed by atoms with Crippen molar-refractivity contribution in [2.75, 3.05) is 0 Å². The molecule has 156 valence electrons. The van der Waals surface area contributed by atoms with Gasteiger partial charge in [-0.15, -0.1) is 0 Å². The molecule has 3 aromatic rings. The lowest BCUT2D eigenvalue weighted by Crippen LogP contribution is -2.32. The number of carbonyl (C=O) groups is 2. The molecule has 9 nitrogen and oxygen atoms in total. The molecule has 2 amide bonds. The SMILES string of the molecule is CC(C)(C)OC(=O)NCc1ccc(C(=O)NCc2cccnc2-n2cncn2)cc1.